The molecule has 0 N–H and O–H groups in total. The lowest BCUT2D eigenvalue weighted by Gasteiger charge is -2.41. The molecule has 2 aliphatic heterocycles. The third-order valence-electron chi connectivity index (χ3n) is 5.82. The molecule has 1 aromatic carbocycles. The van der Waals surface area contributed by atoms with Crippen LogP contribution >= 0.6 is 0 Å². The molecular weight excluding hydrogens is 400 g/mol. The second kappa shape index (κ2) is 7.20. The summed E-state index contributed by atoms with van der Waals surface area (Å²) in [6, 6.07) is 4.09. The number of benzene rings is 1. The smallest absolute Gasteiger partial charge is 0.325 e. The fourth-order valence-electron chi connectivity index (χ4n) is 3.65. The van der Waals surface area contributed by atoms with Crippen molar-refractivity contribution >= 4 is 15.9 Å². The van der Waals surface area contributed by atoms with Crippen LogP contribution in [-0.2, 0) is 9.84 Å². The van der Waals surface area contributed by atoms with E-state index in [-0.39, 0.29) is 50.3 Å². The van der Waals surface area contributed by atoms with E-state index < -0.39 is 38.5 Å². The van der Waals surface area contributed by atoms with E-state index in [9.17, 15) is 30.8 Å². The zero-order chi connectivity index (χ0) is 20.7. The quantitative estimate of drug-likeness (QED) is 0.542. The molecule has 5 nitrogen and oxygen atoms in total. The van der Waals surface area contributed by atoms with Crippen molar-refractivity contribution in [3.8, 4) is 0 Å². The van der Waals surface area contributed by atoms with Crippen molar-refractivity contribution in [3.05, 3.63) is 30.1 Å². The fourth-order valence-corrected chi connectivity index (χ4v) is 5.34. The molecule has 0 aliphatic carbocycles. The van der Waals surface area contributed by atoms with Crippen molar-refractivity contribution in [3.63, 3.8) is 0 Å². The first-order valence-corrected chi connectivity index (χ1v) is 10.6. The summed E-state index contributed by atoms with van der Waals surface area (Å²) in [6.45, 7) is 1.33. The number of piperidine rings is 1. The van der Waals surface area contributed by atoms with E-state index in [0.717, 1.165) is 19.1 Å². The SMILES string of the molecule is CC1(C(F)(F)F)CCN(C(=O)N2CCC(S(=O)(=O)c3ccc(F)cc3)C2)CC1. The Morgan fingerprint density at radius 2 is 1.64 bits per heavy atom. The lowest BCUT2D eigenvalue weighted by atomic mass is 9.80. The predicted octanol–water partition coefficient (Wildman–Crippen LogP) is 3.46. The number of carbonyl (C=O) groups excluding carboxylic acids is 1. The van der Waals surface area contributed by atoms with Crippen LogP contribution in [-0.4, -0.2) is 61.9 Å². The molecule has 1 aromatic rings. The predicted molar refractivity (Wildman–Crippen MR) is 93.9 cm³/mol. The van der Waals surface area contributed by atoms with Crippen LogP contribution in [0.15, 0.2) is 29.2 Å². The van der Waals surface area contributed by atoms with Crippen molar-refractivity contribution in [1.82, 2.24) is 9.80 Å². The minimum Gasteiger partial charge on any atom is -0.325 e. The summed E-state index contributed by atoms with van der Waals surface area (Å²) in [6.07, 6.45) is -4.43. The number of hydrogen-bond acceptors (Lipinski definition) is 3. The molecule has 0 radical (unpaired) electrons. The Morgan fingerprint density at radius 3 is 2.18 bits per heavy atom. The molecule has 3 rings (SSSR count). The number of likely N-dealkylation sites (tertiary alicyclic amines) is 2. The molecular formula is C18H22F4N2O3S. The lowest BCUT2D eigenvalue weighted by molar-refractivity contribution is -0.229. The molecule has 0 aromatic heterocycles. The van der Waals surface area contributed by atoms with Gasteiger partial charge < -0.3 is 9.80 Å². The Hall–Kier alpha value is -1.84. The number of urea groups is 1. The summed E-state index contributed by atoms with van der Waals surface area (Å²) in [5, 5.41) is -0.813. The highest BCUT2D eigenvalue weighted by Crippen LogP contribution is 2.45. The van der Waals surface area contributed by atoms with E-state index in [2.05, 4.69) is 0 Å². The Kier molecular flexibility index (Phi) is 5.37. The Balaban J connectivity index is 1.63. The van der Waals surface area contributed by atoms with E-state index in [1.165, 1.54) is 21.9 Å². The number of rotatable bonds is 2. The summed E-state index contributed by atoms with van der Waals surface area (Å²) < 4.78 is 77.8. The van der Waals surface area contributed by atoms with Gasteiger partial charge in [0, 0.05) is 26.2 Å². The lowest BCUT2D eigenvalue weighted by Crippen LogP contribution is -2.51. The van der Waals surface area contributed by atoms with Gasteiger partial charge in [0.1, 0.15) is 5.82 Å². The summed E-state index contributed by atoms with van der Waals surface area (Å²) in [5.74, 6) is -0.543. The first-order valence-electron chi connectivity index (χ1n) is 9.04. The third-order valence-corrected chi connectivity index (χ3v) is 8.01. The van der Waals surface area contributed by atoms with Crippen LogP contribution in [0.5, 0.6) is 0 Å². The molecule has 2 fully saturated rings. The summed E-state index contributed by atoms with van der Waals surface area (Å²) in [5.41, 5.74) is -1.80. The van der Waals surface area contributed by atoms with Gasteiger partial charge in [-0.25, -0.2) is 17.6 Å². The van der Waals surface area contributed by atoms with E-state index in [4.69, 9.17) is 0 Å². The highest BCUT2D eigenvalue weighted by atomic mass is 32.2. The normalized spacial score (nSPS) is 23.1. The Morgan fingerprint density at radius 1 is 1.07 bits per heavy atom. The van der Waals surface area contributed by atoms with Gasteiger partial charge >= 0.3 is 12.2 Å². The molecule has 1 unspecified atom stereocenters. The molecule has 0 saturated carbocycles. The molecule has 0 bridgehead atoms. The summed E-state index contributed by atoms with van der Waals surface area (Å²) in [4.78, 5) is 15.4. The molecule has 2 saturated heterocycles. The Labute approximate surface area is 161 Å². The van der Waals surface area contributed by atoms with Gasteiger partial charge in [0.15, 0.2) is 9.84 Å². The first kappa shape index (κ1) is 20.9. The highest BCUT2D eigenvalue weighted by Gasteiger charge is 2.52. The van der Waals surface area contributed by atoms with Crippen LogP contribution in [0, 0.1) is 11.2 Å². The van der Waals surface area contributed by atoms with Crippen molar-refractivity contribution < 1.29 is 30.8 Å². The number of sulfone groups is 1. The third kappa shape index (κ3) is 3.83. The minimum absolute atomic E-state index is 0.00730. The van der Waals surface area contributed by atoms with Crippen molar-refractivity contribution in [2.75, 3.05) is 26.2 Å². The van der Waals surface area contributed by atoms with Crippen molar-refractivity contribution in [2.24, 2.45) is 5.41 Å². The molecule has 1 atom stereocenters. The number of amides is 2. The van der Waals surface area contributed by atoms with Crippen LogP contribution in [0.4, 0.5) is 22.4 Å². The summed E-state index contributed by atoms with van der Waals surface area (Å²) in [7, 11) is -3.72. The molecule has 156 valence electrons. The zero-order valence-electron chi connectivity index (χ0n) is 15.4. The van der Waals surface area contributed by atoms with Crippen molar-refractivity contribution in [2.45, 2.75) is 42.5 Å². The fraction of sp³-hybridized carbons (Fsp3) is 0.611. The highest BCUT2D eigenvalue weighted by molar-refractivity contribution is 7.92. The van der Waals surface area contributed by atoms with Gasteiger partial charge in [0.05, 0.1) is 15.6 Å². The first-order chi connectivity index (χ1) is 12.9. The van der Waals surface area contributed by atoms with E-state index in [0.29, 0.717) is 0 Å². The molecule has 10 heteroatoms. The second-order valence-corrected chi connectivity index (χ2v) is 9.91. The van der Waals surface area contributed by atoms with E-state index in [1.54, 1.807) is 0 Å². The number of halogens is 4. The minimum atomic E-state index is -4.32. The number of carbonyl (C=O) groups is 1. The monoisotopic (exact) mass is 422 g/mol. The van der Waals surface area contributed by atoms with Gasteiger partial charge in [-0.2, -0.15) is 13.2 Å². The van der Waals surface area contributed by atoms with Gasteiger partial charge in [-0.05, 0) is 43.5 Å². The second-order valence-electron chi connectivity index (χ2n) is 7.68. The molecule has 28 heavy (non-hydrogen) atoms. The van der Waals surface area contributed by atoms with Gasteiger partial charge in [-0.15, -0.1) is 0 Å². The van der Waals surface area contributed by atoms with E-state index in [1.807, 2.05) is 0 Å². The van der Waals surface area contributed by atoms with Gasteiger partial charge in [0.2, 0.25) is 0 Å². The zero-order valence-corrected chi connectivity index (χ0v) is 16.2. The number of nitrogens with zero attached hydrogens (tertiary/aromatic N) is 2. The topological polar surface area (TPSA) is 57.7 Å². The van der Waals surface area contributed by atoms with Gasteiger partial charge in [0.25, 0.3) is 0 Å². The largest absolute Gasteiger partial charge is 0.394 e. The van der Waals surface area contributed by atoms with Crippen LogP contribution < -0.4 is 0 Å². The summed E-state index contributed by atoms with van der Waals surface area (Å²) >= 11 is 0. The number of alkyl halides is 3. The molecule has 2 amide bonds. The van der Waals surface area contributed by atoms with Crippen LogP contribution in [0.1, 0.15) is 26.2 Å². The maximum atomic E-state index is 13.1. The van der Waals surface area contributed by atoms with Crippen LogP contribution in [0.25, 0.3) is 0 Å². The van der Waals surface area contributed by atoms with Gasteiger partial charge in [-0.1, -0.05) is 6.92 Å². The van der Waals surface area contributed by atoms with E-state index >= 15 is 0 Å². The van der Waals surface area contributed by atoms with Crippen LogP contribution in [0.2, 0.25) is 0 Å². The molecule has 0 spiro atoms. The van der Waals surface area contributed by atoms with Crippen molar-refractivity contribution in [1.29, 1.82) is 0 Å². The molecule has 2 heterocycles. The average molecular weight is 422 g/mol. The van der Waals surface area contributed by atoms with Crippen LogP contribution in [0.3, 0.4) is 0 Å². The molecule has 2 aliphatic rings. The number of hydrogen-bond donors (Lipinski definition) is 0. The standard InChI is InChI=1S/C18H22F4N2O3S/c1-17(18(20,21)22)7-10-23(11-8-17)16(25)24-9-6-15(12-24)28(26,27)14-4-2-13(19)3-5-14/h2-5,15H,6-12H2,1H3. The maximum absolute atomic E-state index is 13.1. The maximum Gasteiger partial charge on any atom is 0.394 e. The Bertz CT molecular complexity index is 831. The van der Waals surface area contributed by atoms with Gasteiger partial charge in [-0.3, -0.25) is 0 Å². The average Bonchev–Trinajstić information content (AvgIpc) is 3.12.